The Labute approximate surface area is 137 Å². The minimum atomic E-state index is -0.581. The fourth-order valence-electron chi connectivity index (χ4n) is 2.38. The van der Waals surface area contributed by atoms with Crippen molar-refractivity contribution in [2.75, 3.05) is 13.1 Å². The number of nitrogens with two attached hydrogens (primary N) is 1. The number of hydrogen-bond donors (Lipinski definition) is 2. The quantitative estimate of drug-likeness (QED) is 0.886. The van der Waals surface area contributed by atoms with E-state index < -0.39 is 6.04 Å². The number of hydrogen-bond acceptors (Lipinski definition) is 5. The first-order chi connectivity index (χ1) is 10.2. The third-order valence-electron chi connectivity index (χ3n) is 3.39. The number of rotatable bonds is 3. The zero-order valence-corrected chi connectivity index (χ0v) is 13.3. The SMILES string of the molecule is Cl.NCc1cc(C(=O)N2CCNC(=O)C2c2cccs2)co1. The summed E-state index contributed by atoms with van der Waals surface area (Å²) >= 11 is 1.46. The molecule has 1 unspecified atom stereocenters. The Morgan fingerprint density at radius 3 is 3.00 bits per heavy atom. The lowest BCUT2D eigenvalue weighted by atomic mass is 10.1. The van der Waals surface area contributed by atoms with Crippen LogP contribution in [0, 0.1) is 0 Å². The van der Waals surface area contributed by atoms with Gasteiger partial charge in [0.25, 0.3) is 5.91 Å². The van der Waals surface area contributed by atoms with Crippen molar-refractivity contribution >= 4 is 35.6 Å². The summed E-state index contributed by atoms with van der Waals surface area (Å²) in [4.78, 5) is 27.2. The first kappa shape index (κ1) is 16.5. The molecule has 6 nitrogen and oxygen atoms in total. The van der Waals surface area contributed by atoms with Crippen molar-refractivity contribution in [1.29, 1.82) is 0 Å². The molecule has 0 radical (unpaired) electrons. The van der Waals surface area contributed by atoms with Gasteiger partial charge in [0, 0.05) is 18.0 Å². The lowest BCUT2D eigenvalue weighted by molar-refractivity contribution is -0.127. The smallest absolute Gasteiger partial charge is 0.258 e. The fraction of sp³-hybridized carbons (Fsp3) is 0.286. The first-order valence-corrected chi connectivity index (χ1v) is 7.48. The number of nitrogens with zero attached hydrogens (tertiary/aromatic N) is 1. The molecular formula is C14H16ClN3O3S. The zero-order valence-electron chi connectivity index (χ0n) is 11.7. The zero-order chi connectivity index (χ0) is 14.8. The topological polar surface area (TPSA) is 88.6 Å². The predicted octanol–water partition coefficient (Wildman–Crippen LogP) is 1.53. The molecule has 1 aliphatic heterocycles. The van der Waals surface area contributed by atoms with Crippen molar-refractivity contribution in [3.05, 3.63) is 46.0 Å². The third kappa shape index (κ3) is 3.01. The van der Waals surface area contributed by atoms with Crippen molar-refractivity contribution in [1.82, 2.24) is 10.2 Å². The second-order valence-electron chi connectivity index (χ2n) is 4.71. The van der Waals surface area contributed by atoms with Crippen LogP contribution in [-0.4, -0.2) is 29.8 Å². The Hall–Kier alpha value is -1.83. The summed E-state index contributed by atoms with van der Waals surface area (Å²) in [6, 6.07) is 4.78. The van der Waals surface area contributed by atoms with Crippen LogP contribution in [0.3, 0.4) is 0 Å². The molecule has 3 rings (SSSR count). The molecule has 1 aliphatic rings. The normalized spacial score (nSPS) is 17.8. The minimum Gasteiger partial charge on any atom is -0.467 e. The summed E-state index contributed by atoms with van der Waals surface area (Å²) in [5.74, 6) is 0.179. The molecule has 0 aromatic carbocycles. The van der Waals surface area contributed by atoms with E-state index in [2.05, 4.69) is 5.32 Å². The molecule has 1 atom stereocenters. The summed E-state index contributed by atoms with van der Waals surface area (Å²) in [7, 11) is 0. The van der Waals surface area contributed by atoms with Gasteiger partial charge in [-0.15, -0.1) is 23.7 Å². The van der Waals surface area contributed by atoms with Crippen LogP contribution in [0.4, 0.5) is 0 Å². The lowest BCUT2D eigenvalue weighted by Crippen LogP contribution is -2.51. The molecule has 0 aliphatic carbocycles. The Morgan fingerprint density at radius 1 is 1.55 bits per heavy atom. The molecule has 2 aromatic rings. The summed E-state index contributed by atoms with van der Waals surface area (Å²) in [6.45, 7) is 1.16. The largest absolute Gasteiger partial charge is 0.467 e. The van der Waals surface area contributed by atoms with Crippen molar-refractivity contribution in [3.63, 3.8) is 0 Å². The Bertz CT molecular complexity index is 656. The summed E-state index contributed by atoms with van der Waals surface area (Å²) in [6.07, 6.45) is 1.39. The van der Waals surface area contributed by atoms with Crippen molar-refractivity contribution < 1.29 is 14.0 Å². The third-order valence-corrected chi connectivity index (χ3v) is 4.31. The van der Waals surface area contributed by atoms with E-state index in [4.69, 9.17) is 10.2 Å². The highest BCUT2D eigenvalue weighted by atomic mass is 35.5. The molecule has 1 saturated heterocycles. The highest BCUT2D eigenvalue weighted by Crippen LogP contribution is 2.28. The maximum Gasteiger partial charge on any atom is 0.258 e. The molecule has 0 bridgehead atoms. The number of furan rings is 1. The van der Waals surface area contributed by atoms with E-state index in [1.165, 1.54) is 17.6 Å². The number of halogens is 1. The van der Waals surface area contributed by atoms with Crippen LogP contribution in [0.15, 0.2) is 34.3 Å². The van der Waals surface area contributed by atoms with E-state index >= 15 is 0 Å². The Kier molecular flexibility index (Phi) is 5.23. The number of carbonyl (C=O) groups is 2. The van der Waals surface area contributed by atoms with Crippen LogP contribution in [-0.2, 0) is 11.3 Å². The highest BCUT2D eigenvalue weighted by Gasteiger charge is 2.35. The molecule has 2 aromatic heterocycles. The number of carbonyl (C=O) groups excluding carboxylic acids is 2. The maximum absolute atomic E-state index is 12.6. The first-order valence-electron chi connectivity index (χ1n) is 6.60. The van der Waals surface area contributed by atoms with Gasteiger partial charge >= 0.3 is 0 Å². The van der Waals surface area contributed by atoms with Crippen molar-refractivity contribution in [2.24, 2.45) is 5.73 Å². The highest BCUT2D eigenvalue weighted by molar-refractivity contribution is 7.10. The molecule has 0 saturated carbocycles. The molecule has 1 fully saturated rings. The number of nitrogens with one attached hydrogen (secondary N) is 1. The van der Waals surface area contributed by atoms with Crippen LogP contribution in [0.25, 0.3) is 0 Å². The van der Waals surface area contributed by atoms with Crippen LogP contribution < -0.4 is 11.1 Å². The number of piperazine rings is 1. The van der Waals surface area contributed by atoms with E-state index in [9.17, 15) is 9.59 Å². The summed E-state index contributed by atoms with van der Waals surface area (Å²) in [5.41, 5.74) is 5.91. The summed E-state index contributed by atoms with van der Waals surface area (Å²) < 4.78 is 5.21. The van der Waals surface area contributed by atoms with Gasteiger partial charge in [0.05, 0.1) is 12.1 Å². The van der Waals surface area contributed by atoms with Gasteiger partial charge in [-0.25, -0.2) is 0 Å². The fourth-order valence-corrected chi connectivity index (χ4v) is 3.22. The van der Waals surface area contributed by atoms with Gasteiger partial charge in [0.15, 0.2) is 0 Å². The second-order valence-corrected chi connectivity index (χ2v) is 5.69. The van der Waals surface area contributed by atoms with Gasteiger partial charge in [0.2, 0.25) is 5.91 Å². The molecular weight excluding hydrogens is 326 g/mol. The van der Waals surface area contributed by atoms with Gasteiger partial charge in [-0.1, -0.05) is 6.07 Å². The van der Waals surface area contributed by atoms with Crippen molar-refractivity contribution in [3.8, 4) is 0 Å². The number of amides is 2. The van der Waals surface area contributed by atoms with E-state index in [-0.39, 0.29) is 30.8 Å². The lowest BCUT2D eigenvalue weighted by Gasteiger charge is -2.34. The molecule has 22 heavy (non-hydrogen) atoms. The Balaban J connectivity index is 0.00000176. The van der Waals surface area contributed by atoms with Gasteiger partial charge in [-0.2, -0.15) is 0 Å². The molecule has 2 amide bonds. The van der Waals surface area contributed by atoms with Gasteiger partial charge in [-0.05, 0) is 17.5 Å². The average molecular weight is 342 g/mol. The van der Waals surface area contributed by atoms with Crippen LogP contribution in [0.2, 0.25) is 0 Å². The molecule has 118 valence electrons. The Morgan fingerprint density at radius 2 is 2.36 bits per heavy atom. The number of thiophene rings is 1. The van der Waals surface area contributed by atoms with Gasteiger partial charge < -0.3 is 20.4 Å². The van der Waals surface area contributed by atoms with E-state index in [0.717, 1.165) is 4.88 Å². The van der Waals surface area contributed by atoms with E-state index in [0.29, 0.717) is 24.4 Å². The summed E-state index contributed by atoms with van der Waals surface area (Å²) in [5, 5.41) is 4.70. The van der Waals surface area contributed by atoms with E-state index in [1.54, 1.807) is 11.0 Å². The average Bonchev–Trinajstić information content (AvgIpc) is 3.17. The monoisotopic (exact) mass is 341 g/mol. The van der Waals surface area contributed by atoms with Crippen LogP contribution >= 0.6 is 23.7 Å². The predicted molar refractivity (Wildman–Crippen MR) is 85.0 cm³/mol. The van der Waals surface area contributed by atoms with E-state index in [1.807, 2.05) is 17.5 Å². The maximum atomic E-state index is 12.6. The van der Waals surface area contributed by atoms with Gasteiger partial charge in [0.1, 0.15) is 18.1 Å². The molecule has 3 N–H and O–H groups in total. The van der Waals surface area contributed by atoms with Crippen molar-refractivity contribution in [2.45, 2.75) is 12.6 Å². The van der Waals surface area contributed by atoms with Gasteiger partial charge in [-0.3, -0.25) is 9.59 Å². The molecule has 0 spiro atoms. The van der Waals surface area contributed by atoms with Crippen LogP contribution in [0.5, 0.6) is 0 Å². The molecule has 8 heteroatoms. The minimum absolute atomic E-state index is 0. The standard InChI is InChI=1S/C14H15N3O3S.ClH/c15-7-10-6-9(8-20-10)14(19)17-4-3-16-13(18)12(17)11-2-1-5-21-11;/h1-2,5-6,8,12H,3-4,7,15H2,(H,16,18);1H. The van der Waals surface area contributed by atoms with Crippen LogP contribution in [0.1, 0.15) is 27.0 Å². The molecule has 3 heterocycles. The second kappa shape index (κ2) is 6.95.